The van der Waals surface area contributed by atoms with Crippen LogP contribution in [0.1, 0.15) is 75.3 Å². The molecule has 1 fully saturated rings. The largest absolute Gasteiger partial charge is 1.00 e. The number of hydrogen-bond acceptors (Lipinski definition) is 2. The number of carbonyl (C=O) groups is 1. The first-order valence-electron chi connectivity index (χ1n) is 13.4. The number of rotatable bonds is 5. The Morgan fingerprint density at radius 2 is 1.57 bits per heavy atom. The van der Waals surface area contributed by atoms with Crippen molar-refractivity contribution in [2.24, 2.45) is 0 Å². The molecule has 1 aliphatic carbocycles. The first-order chi connectivity index (χ1) is 16.7. The van der Waals surface area contributed by atoms with Crippen LogP contribution in [0.3, 0.4) is 0 Å². The molecule has 3 aliphatic rings. The molecule has 2 heterocycles. The van der Waals surface area contributed by atoms with Gasteiger partial charge in [0.05, 0.1) is 25.6 Å². The number of carbonyl (C=O) groups excluding carboxylic acids is 1. The summed E-state index contributed by atoms with van der Waals surface area (Å²) in [7, 11) is 0. The van der Waals surface area contributed by atoms with Gasteiger partial charge in [-0.1, -0.05) is 55.3 Å². The Morgan fingerprint density at radius 3 is 2.23 bits per heavy atom. The first kappa shape index (κ1) is 26.2. The van der Waals surface area contributed by atoms with Gasteiger partial charge in [-0.15, -0.1) is 0 Å². The van der Waals surface area contributed by atoms with Gasteiger partial charge in [-0.2, -0.15) is 0 Å². The summed E-state index contributed by atoms with van der Waals surface area (Å²) in [5, 5.41) is 3.44. The van der Waals surface area contributed by atoms with Crippen LogP contribution in [-0.4, -0.2) is 42.6 Å². The lowest BCUT2D eigenvalue weighted by Crippen LogP contribution is -3.00. The van der Waals surface area contributed by atoms with Gasteiger partial charge in [0, 0.05) is 30.0 Å². The molecule has 0 radical (unpaired) electrons. The van der Waals surface area contributed by atoms with Crippen LogP contribution in [0.2, 0.25) is 0 Å². The SMILES string of the molecule is CC[N@+]1(C/C2=C/CCCCCC2)CC[C@@H](NC(=O)C2c3ccccc3Oc3ccccc32)CC1.[I-]. The van der Waals surface area contributed by atoms with Crippen LogP contribution in [0.4, 0.5) is 0 Å². The molecule has 0 atom stereocenters. The van der Waals surface area contributed by atoms with Crippen molar-refractivity contribution < 1.29 is 38.0 Å². The second-order valence-corrected chi connectivity index (χ2v) is 10.5. The summed E-state index contributed by atoms with van der Waals surface area (Å²) in [5.41, 5.74) is 3.60. The molecule has 0 aromatic heterocycles. The van der Waals surface area contributed by atoms with Crippen LogP contribution >= 0.6 is 0 Å². The third-order valence-corrected chi connectivity index (χ3v) is 8.29. The summed E-state index contributed by atoms with van der Waals surface area (Å²) in [6, 6.07) is 16.2. The molecule has 1 N–H and O–H groups in total. The molecule has 1 saturated heterocycles. The van der Waals surface area contributed by atoms with Crippen LogP contribution in [-0.2, 0) is 4.79 Å². The molecule has 1 amide bonds. The molecule has 0 saturated carbocycles. The lowest BCUT2D eigenvalue weighted by molar-refractivity contribution is -0.927. The Kier molecular flexibility index (Phi) is 8.92. The second-order valence-electron chi connectivity index (χ2n) is 10.5. The summed E-state index contributed by atoms with van der Waals surface area (Å²) in [6.45, 7) is 7.04. The number of ether oxygens (including phenoxy) is 1. The second kappa shape index (κ2) is 11.9. The molecule has 5 rings (SSSR count). The highest BCUT2D eigenvalue weighted by Gasteiger charge is 2.37. The maximum atomic E-state index is 13.6. The zero-order valence-corrected chi connectivity index (χ0v) is 23.1. The molecular weight excluding hydrogens is 547 g/mol. The van der Waals surface area contributed by atoms with Crippen LogP contribution in [0.5, 0.6) is 11.5 Å². The number of piperidine rings is 1. The van der Waals surface area contributed by atoms with Crippen molar-refractivity contribution in [3.05, 3.63) is 71.3 Å². The van der Waals surface area contributed by atoms with Crippen LogP contribution < -0.4 is 34.0 Å². The molecule has 4 nitrogen and oxygen atoms in total. The highest BCUT2D eigenvalue weighted by atomic mass is 127. The van der Waals surface area contributed by atoms with Gasteiger partial charge in [-0.3, -0.25) is 4.79 Å². The minimum Gasteiger partial charge on any atom is -1.00 e. The maximum absolute atomic E-state index is 13.6. The van der Waals surface area contributed by atoms with Gasteiger partial charge in [0.1, 0.15) is 18.0 Å². The lowest BCUT2D eigenvalue weighted by Gasteiger charge is -2.44. The normalized spacial score (nSPS) is 25.9. The summed E-state index contributed by atoms with van der Waals surface area (Å²) >= 11 is 0. The minimum absolute atomic E-state index is 0. The number of likely N-dealkylation sites (N-methyl/N-ethyl adjacent to an activating group) is 1. The summed E-state index contributed by atoms with van der Waals surface area (Å²) in [5.74, 6) is 1.37. The number of amides is 1. The number of likely N-dealkylation sites (tertiary alicyclic amines) is 1. The predicted octanol–water partition coefficient (Wildman–Crippen LogP) is 3.32. The summed E-state index contributed by atoms with van der Waals surface area (Å²) < 4.78 is 7.27. The zero-order chi connectivity index (χ0) is 23.4. The molecule has 35 heavy (non-hydrogen) atoms. The minimum atomic E-state index is -0.312. The van der Waals surface area contributed by atoms with Gasteiger partial charge >= 0.3 is 0 Å². The van der Waals surface area contributed by atoms with E-state index in [4.69, 9.17) is 4.74 Å². The number of halogens is 1. The molecule has 2 aliphatic heterocycles. The van der Waals surface area contributed by atoms with Gasteiger partial charge < -0.3 is 38.5 Å². The Balaban J connectivity index is 0.00000289. The number of hydrogen-bond donors (Lipinski definition) is 1. The predicted molar refractivity (Wildman–Crippen MR) is 137 cm³/mol. The van der Waals surface area contributed by atoms with Crippen molar-refractivity contribution in [3.63, 3.8) is 0 Å². The molecule has 5 heteroatoms. The van der Waals surface area contributed by atoms with E-state index in [1.807, 2.05) is 48.5 Å². The molecular formula is C30H39IN2O2. The number of quaternary nitrogens is 1. The highest BCUT2D eigenvalue weighted by Crippen LogP contribution is 2.44. The Labute approximate surface area is 227 Å². The first-order valence-corrected chi connectivity index (χ1v) is 13.4. The van der Waals surface area contributed by atoms with Crippen molar-refractivity contribution in [2.75, 3.05) is 26.2 Å². The third kappa shape index (κ3) is 5.93. The average molecular weight is 587 g/mol. The zero-order valence-electron chi connectivity index (χ0n) is 21.0. The van der Waals surface area contributed by atoms with Crippen LogP contribution in [0, 0.1) is 0 Å². The van der Waals surface area contributed by atoms with E-state index in [0.717, 1.165) is 48.6 Å². The Bertz CT molecular complexity index is 997. The van der Waals surface area contributed by atoms with Crippen molar-refractivity contribution >= 4 is 5.91 Å². The van der Waals surface area contributed by atoms with E-state index in [1.165, 1.54) is 56.1 Å². The van der Waals surface area contributed by atoms with E-state index < -0.39 is 0 Å². The van der Waals surface area contributed by atoms with E-state index in [-0.39, 0.29) is 41.8 Å². The number of para-hydroxylation sites is 2. The van der Waals surface area contributed by atoms with E-state index in [0.29, 0.717) is 0 Å². The fraction of sp³-hybridized carbons (Fsp3) is 0.500. The van der Waals surface area contributed by atoms with E-state index in [1.54, 1.807) is 5.57 Å². The van der Waals surface area contributed by atoms with Crippen molar-refractivity contribution in [1.29, 1.82) is 0 Å². The fourth-order valence-electron chi connectivity index (χ4n) is 6.16. The monoisotopic (exact) mass is 586 g/mol. The van der Waals surface area contributed by atoms with Gasteiger partial charge in [0.15, 0.2) is 0 Å². The van der Waals surface area contributed by atoms with Crippen molar-refractivity contribution in [2.45, 2.75) is 70.3 Å². The maximum Gasteiger partial charge on any atom is 0.232 e. The van der Waals surface area contributed by atoms with Crippen LogP contribution in [0.25, 0.3) is 0 Å². The molecule has 0 unspecified atom stereocenters. The quantitative estimate of drug-likeness (QED) is 0.332. The van der Waals surface area contributed by atoms with Crippen molar-refractivity contribution in [1.82, 2.24) is 5.32 Å². The number of fused-ring (bicyclic) bond motifs is 2. The third-order valence-electron chi connectivity index (χ3n) is 8.29. The standard InChI is InChI=1S/C30H38N2O2.HI/c1-2-32(22-23-12-6-4-3-5-7-13-23)20-18-24(19-21-32)31-30(33)29-25-14-8-10-16-27(25)34-28-17-11-9-15-26(28)29;/h8-12,14-17,24,29H,2-7,13,18-22H2,1H3;1H/b23-12+;/t24-,32+;. The highest BCUT2D eigenvalue weighted by molar-refractivity contribution is 5.89. The summed E-state index contributed by atoms with van der Waals surface area (Å²) in [4.78, 5) is 13.6. The Hall–Kier alpha value is -1.86. The van der Waals surface area contributed by atoms with Crippen LogP contribution in [0.15, 0.2) is 60.2 Å². The number of nitrogens with zero attached hydrogens (tertiary/aromatic N) is 1. The van der Waals surface area contributed by atoms with Gasteiger partial charge in [0.2, 0.25) is 5.91 Å². The molecule has 2 aromatic rings. The molecule has 0 spiro atoms. The molecule has 2 aromatic carbocycles. The lowest BCUT2D eigenvalue weighted by atomic mass is 9.86. The summed E-state index contributed by atoms with van der Waals surface area (Å²) in [6.07, 6.45) is 12.7. The van der Waals surface area contributed by atoms with E-state index in [9.17, 15) is 4.79 Å². The van der Waals surface area contributed by atoms with Gasteiger partial charge in [-0.05, 0) is 50.3 Å². The number of allylic oxidation sites excluding steroid dienone is 1. The number of nitrogens with one attached hydrogen (secondary N) is 1. The van der Waals surface area contributed by atoms with Gasteiger partial charge in [-0.25, -0.2) is 0 Å². The fourth-order valence-corrected chi connectivity index (χ4v) is 6.16. The smallest absolute Gasteiger partial charge is 0.232 e. The van der Waals surface area contributed by atoms with Gasteiger partial charge in [0.25, 0.3) is 0 Å². The Morgan fingerprint density at radius 1 is 0.943 bits per heavy atom. The molecule has 188 valence electrons. The molecule has 0 bridgehead atoms. The van der Waals surface area contributed by atoms with E-state index >= 15 is 0 Å². The van der Waals surface area contributed by atoms with E-state index in [2.05, 4.69) is 18.3 Å². The van der Waals surface area contributed by atoms with Crippen molar-refractivity contribution in [3.8, 4) is 11.5 Å². The topological polar surface area (TPSA) is 38.3 Å². The number of benzene rings is 2. The average Bonchev–Trinajstić information content (AvgIpc) is 2.85.